The Morgan fingerprint density at radius 3 is 1.03 bits per heavy atom. The van der Waals surface area contributed by atoms with Crippen LogP contribution < -0.4 is 9.47 Å². The summed E-state index contributed by atoms with van der Waals surface area (Å²) in [6, 6.07) is 135. The van der Waals surface area contributed by atoms with Crippen LogP contribution in [0.15, 0.2) is 376 Å². The van der Waals surface area contributed by atoms with E-state index in [1.54, 1.807) is 0 Å². The van der Waals surface area contributed by atoms with Gasteiger partial charge in [-0.15, -0.1) is 0 Å². The molecule has 0 fully saturated rings. The Morgan fingerprint density at radius 2 is 0.509 bits per heavy atom. The molecule has 4 heterocycles. The molecule has 0 atom stereocenters. The molecular formula is C102H62N4O2. The highest BCUT2D eigenvalue weighted by Gasteiger charge is 2.53. The van der Waals surface area contributed by atoms with Gasteiger partial charge in [0.15, 0.2) is 11.6 Å². The summed E-state index contributed by atoms with van der Waals surface area (Å²) in [5, 5.41) is 4.64. The van der Waals surface area contributed by atoms with Crippen LogP contribution in [0.4, 0.5) is 0 Å². The predicted octanol–water partition coefficient (Wildman–Crippen LogP) is 25.5. The molecule has 4 aliphatic rings. The molecule has 2 spiro atoms. The first kappa shape index (κ1) is 61.3. The third-order valence-corrected chi connectivity index (χ3v) is 22.9. The molecule has 18 aromatic rings. The number of aromatic nitrogens is 4. The van der Waals surface area contributed by atoms with Crippen molar-refractivity contribution in [2.45, 2.75) is 10.8 Å². The van der Waals surface area contributed by atoms with E-state index in [2.05, 4.69) is 358 Å². The van der Waals surface area contributed by atoms with E-state index in [1.807, 2.05) is 18.2 Å². The van der Waals surface area contributed by atoms with Crippen LogP contribution in [-0.4, -0.2) is 19.9 Å². The number of hydrogen-bond acceptors (Lipinski definition) is 6. The third kappa shape index (κ3) is 9.46. The van der Waals surface area contributed by atoms with Gasteiger partial charge in [-0.25, -0.2) is 19.9 Å². The van der Waals surface area contributed by atoms with Gasteiger partial charge in [-0.1, -0.05) is 334 Å². The molecule has 22 rings (SSSR count). The fourth-order valence-corrected chi connectivity index (χ4v) is 17.9. The second-order valence-electron chi connectivity index (χ2n) is 28.6. The SMILES string of the molecule is c1ccc(-c2nc(-c3ccc(-c4ccc5c(c4)Oc4cc(-c6ccc(-c7nc(-c8ccc(-c9ccc%10c(c9)Oc9ccccc9C%109c%10ccccc%10-c%10ccccc%109)cc8)cc(-c8ccc9ccccc9c8)n7)cc6)ccc4C54c5ccccc5-c5ccccc54)cc3)cc(-c3cccc4ccccc34)n2)cc1. The topological polar surface area (TPSA) is 70.0 Å². The molecular weight excluding hydrogens is 1310 g/mol. The van der Waals surface area contributed by atoms with Crippen molar-refractivity contribution < 1.29 is 9.47 Å². The Bertz CT molecular complexity index is 6650. The summed E-state index contributed by atoms with van der Waals surface area (Å²) in [6.45, 7) is 0. The lowest BCUT2D eigenvalue weighted by molar-refractivity contribution is 0.436. The highest BCUT2D eigenvalue weighted by atomic mass is 16.5. The average Bonchev–Trinajstić information content (AvgIpc) is 1.49. The number of benzene rings is 16. The maximum absolute atomic E-state index is 7.35. The molecule has 0 N–H and O–H groups in total. The fourth-order valence-electron chi connectivity index (χ4n) is 17.9. The van der Waals surface area contributed by atoms with Crippen LogP contribution in [0.2, 0.25) is 0 Å². The van der Waals surface area contributed by atoms with Gasteiger partial charge in [0.2, 0.25) is 0 Å². The van der Waals surface area contributed by atoms with E-state index >= 15 is 0 Å². The van der Waals surface area contributed by atoms with Crippen molar-refractivity contribution in [2.75, 3.05) is 0 Å². The number of ether oxygens (including phenoxy) is 2. The van der Waals surface area contributed by atoms with Gasteiger partial charge >= 0.3 is 0 Å². The molecule has 2 aromatic heterocycles. The molecule has 2 aliphatic carbocycles. The fraction of sp³-hybridized carbons (Fsp3) is 0.0196. The van der Waals surface area contributed by atoms with Crippen LogP contribution in [0.5, 0.6) is 23.0 Å². The standard InChI is InChI=1S/C102H62N4O2/c1-2-21-70(22-3-1)99-104-92(62-94(106-99)82-30-18-24-67-20-6-7-25-77(67)82)69-46-39-65(40-47-69)74-52-55-89-97(59-74)108-98-60-75(53-56-90(98)102(89)85-33-14-10-28-80(85)81-29-11-15-34-86(81)102)66-41-48-71(49-42-66)100-103-91(61-93(105-100)76-50-43-63-19-4-5-23-72(63)57-76)68-44-37-64(38-45-68)73-51-54-88-96(58-73)107-95-36-17-16-35-87(95)101(88)83-31-12-8-26-78(83)79-27-9-13-32-84(79)101/h1-62H. The van der Waals surface area contributed by atoms with Crippen LogP contribution in [0.1, 0.15) is 44.5 Å². The van der Waals surface area contributed by atoms with Crippen molar-refractivity contribution in [3.63, 3.8) is 0 Å². The van der Waals surface area contributed by atoms with Gasteiger partial charge < -0.3 is 9.47 Å². The number of rotatable bonds is 9. The molecule has 2 aliphatic heterocycles. The van der Waals surface area contributed by atoms with Crippen LogP contribution in [0.25, 0.3) is 145 Å². The molecule has 0 radical (unpaired) electrons. The van der Waals surface area contributed by atoms with E-state index in [-0.39, 0.29) is 0 Å². The lowest BCUT2D eigenvalue weighted by Gasteiger charge is -2.39. The van der Waals surface area contributed by atoms with Crippen molar-refractivity contribution in [1.82, 2.24) is 19.9 Å². The summed E-state index contributed by atoms with van der Waals surface area (Å²) < 4.78 is 14.3. The van der Waals surface area contributed by atoms with E-state index in [9.17, 15) is 0 Å². The molecule has 0 amide bonds. The lowest BCUT2D eigenvalue weighted by Crippen LogP contribution is -2.32. The maximum Gasteiger partial charge on any atom is 0.160 e. The highest BCUT2D eigenvalue weighted by Crippen LogP contribution is 2.65. The van der Waals surface area contributed by atoms with Gasteiger partial charge in [0.25, 0.3) is 0 Å². The average molecular weight is 1380 g/mol. The van der Waals surface area contributed by atoms with Crippen LogP contribution in [0.3, 0.4) is 0 Å². The van der Waals surface area contributed by atoms with E-state index in [0.29, 0.717) is 11.6 Å². The lowest BCUT2D eigenvalue weighted by atomic mass is 9.65. The van der Waals surface area contributed by atoms with Crippen molar-refractivity contribution >= 4 is 21.5 Å². The third-order valence-electron chi connectivity index (χ3n) is 22.9. The molecule has 0 bridgehead atoms. The van der Waals surface area contributed by atoms with Crippen molar-refractivity contribution in [1.29, 1.82) is 0 Å². The van der Waals surface area contributed by atoms with E-state index in [4.69, 9.17) is 29.4 Å². The van der Waals surface area contributed by atoms with Crippen LogP contribution in [0, 0.1) is 0 Å². The largest absolute Gasteiger partial charge is 0.457 e. The maximum atomic E-state index is 7.35. The second-order valence-corrected chi connectivity index (χ2v) is 28.6. The summed E-state index contributed by atoms with van der Waals surface area (Å²) in [7, 11) is 0. The van der Waals surface area contributed by atoms with Crippen molar-refractivity contribution in [3.8, 4) is 146 Å². The molecule has 6 nitrogen and oxygen atoms in total. The summed E-state index contributed by atoms with van der Waals surface area (Å²) in [4.78, 5) is 21.2. The minimum absolute atomic E-state index is 0.524. The van der Waals surface area contributed by atoms with E-state index < -0.39 is 10.8 Å². The highest BCUT2D eigenvalue weighted by molar-refractivity contribution is 5.98. The number of para-hydroxylation sites is 1. The van der Waals surface area contributed by atoms with Gasteiger partial charge in [0.05, 0.1) is 33.6 Å². The van der Waals surface area contributed by atoms with Gasteiger partial charge in [0.1, 0.15) is 23.0 Å². The molecule has 6 heteroatoms. The summed E-state index contributed by atoms with van der Waals surface area (Å²) in [5.74, 6) is 4.67. The first-order valence-electron chi connectivity index (χ1n) is 36.9. The Kier molecular flexibility index (Phi) is 13.7. The zero-order chi connectivity index (χ0) is 71.0. The molecule has 0 saturated carbocycles. The van der Waals surface area contributed by atoms with Crippen molar-refractivity contribution in [3.05, 3.63) is 421 Å². The predicted molar refractivity (Wildman–Crippen MR) is 436 cm³/mol. The zero-order valence-corrected chi connectivity index (χ0v) is 58.4. The van der Waals surface area contributed by atoms with Crippen LogP contribution in [-0.2, 0) is 10.8 Å². The second kappa shape index (κ2) is 24.2. The number of hydrogen-bond donors (Lipinski definition) is 0. The normalized spacial score (nSPS) is 13.3. The first-order chi connectivity index (χ1) is 53.5. The van der Waals surface area contributed by atoms with Gasteiger partial charge in [-0.3, -0.25) is 0 Å². The van der Waals surface area contributed by atoms with Crippen molar-refractivity contribution in [2.24, 2.45) is 0 Å². The van der Waals surface area contributed by atoms with Gasteiger partial charge in [-0.2, -0.15) is 0 Å². The Balaban J connectivity index is 0.606. The number of fused-ring (bicyclic) bond motifs is 20. The van der Waals surface area contributed by atoms with E-state index in [0.717, 1.165) is 146 Å². The first-order valence-corrected chi connectivity index (χ1v) is 36.9. The molecule has 16 aromatic carbocycles. The van der Waals surface area contributed by atoms with Crippen LogP contribution >= 0.6 is 0 Å². The summed E-state index contributed by atoms with van der Waals surface area (Å²) in [5.41, 5.74) is 29.0. The van der Waals surface area contributed by atoms with Gasteiger partial charge in [0, 0.05) is 55.6 Å². The summed E-state index contributed by atoms with van der Waals surface area (Å²) in [6.07, 6.45) is 0. The smallest absolute Gasteiger partial charge is 0.160 e. The number of nitrogens with zero attached hydrogens (tertiary/aromatic N) is 4. The Morgan fingerprint density at radius 1 is 0.176 bits per heavy atom. The molecule has 0 unspecified atom stereocenters. The van der Waals surface area contributed by atoms with Gasteiger partial charge in [-0.05, 0) is 142 Å². The Labute approximate surface area is 624 Å². The molecule has 108 heavy (non-hydrogen) atoms. The zero-order valence-electron chi connectivity index (χ0n) is 58.4. The van der Waals surface area contributed by atoms with E-state index in [1.165, 1.54) is 55.3 Å². The molecule has 0 saturated heterocycles. The Hall–Kier alpha value is -14.2. The quantitative estimate of drug-likeness (QED) is 0.143. The molecule has 502 valence electrons. The minimum atomic E-state index is -0.651. The minimum Gasteiger partial charge on any atom is -0.457 e. The summed E-state index contributed by atoms with van der Waals surface area (Å²) >= 11 is 0. The monoisotopic (exact) mass is 1370 g/mol.